The summed E-state index contributed by atoms with van der Waals surface area (Å²) in [7, 11) is -2.95. The van der Waals surface area contributed by atoms with Crippen LogP contribution in [0.3, 0.4) is 0 Å². The van der Waals surface area contributed by atoms with Crippen molar-refractivity contribution in [3.8, 4) is 11.5 Å². The van der Waals surface area contributed by atoms with Gasteiger partial charge in [-0.2, -0.15) is 8.78 Å². The molecule has 0 spiro atoms. The van der Waals surface area contributed by atoms with Crippen molar-refractivity contribution < 1.29 is 36.6 Å². The largest absolute Gasteiger partial charge is 0.497 e. The molecular formula is C16H25F2O6P. The van der Waals surface area contributed by atoms with Gasteiger partial charge in [-0.15, -0.1) is 0 Å². The van der Waals surface area contributed by atoms with Gasteiger partial charge in [-0.05, 0) is 26.0 Å². The van der Waals surface area contributed by atoms with Crippen LogP contribution in [0.2, 0.25) is 0 Å². The van der Waals surface area contributed by atoms with E-state index in [-0.39, 0.29) is 33.0 Å². The third-order valence-electron chi connectivity index (χ3n) is 3.08. The van der Waals surface area contributed by atoms with Gasteiger partial charge in [0.05, 0.1) is 33.5 Å². The number of alkyl halides is 2. The monoisotopic (exact) mass is 382 g/mol. The number of halogens is 2. The Morgan fingerprint density at radius 3 is 2.28 bits per heavy atom. The Balaban J connectivity index is 2.34. The van der Waals surface area contributed by atoms with E-state index in [0.717, 1.165) is 0 Å². The third-order valence-corrected chi connectivity index (χ3v) is 5.30. The van der Waals surface area contributed by atoms with Gasteiger partial charge in [0.1, 0.15) is 18.1 Å². The number of ether oxygens (including phenoxy) is 3. The lowest BCUT2D eigenvalue weighted by molar-refractivity contribution is -0.000496. The van der Waals surface area contributed by atoms with Crippen molar-refractivity contribution in [1.29, 1.82) is 0 Å². The maximum atomic E-state index is 14.1. The Kier molecular flexibility index (Phi) is 9.35. The van der Waals surface area contributed by atoms with Crippen LogP contribution in [0.1, 0.15) is 20.3 Å². The van der Waals surface area contributed by atoms with E-state index in [1.54, 1.807) is 31.4 Å². The molecule has 1 aromatic rings. The molecule has 0 radical (unpaired) electrons. The van der Waals surface area contributed by atoms with Gasteiger partial charge < -0.3 is 23.3 Å². The molecule has 0 bridgehead atoms. The molecule has 0 aromatic heterocycles. The van der Waals surface area contributed by atoms with Gasteiger partial charge in [0, 0.05) is 12.5 Å². The van der Waals surface area contributed by atoms with Crippen LogP contribution < -0.4 is 9.47 Å². The highest BCUT2D eigenvalue weighted by Crippen LogP contribution is 2.63. The highest BCUT2D eigenvalue weighted by molar-refractivity contribution is 7.55. The first-order valence-corrected chi connectivity index (χ1v) is 9.54. The van der Waals surface area contributed by atoms with Crippen molar-refractivity contribution >= 4 is 7.60 Å². The molecule has 0 aliphatic heterocycles. The van der Waals surface area contributed by atoms with Crippen LogP contribution >= 0.6 is 7.60 Å². The van der Waals surface area contributed by atoms with Crippen LogP contribution in [-0.2, 0) is 18.3 Å². The van der Waals surface area contributed by atoms with E-state index in [0.29, 0.717) is 11.5 Å². The van der Waals surface area contributed by atoms with E-state index in [1.807, 2.05) is 0 Å². The van der Waals surface area contributed by atoms with E-state index in [9.17, 15) is 13.3 Å². The minimum absolute atomic E-state index is 0.112. The second-order valence-corrected chi connectivity index (χ2v) is 7.05. The molecular weight excluding hydrogens is 357 g/mol. The van der Waals surface area contributed by atoms with Crippen molar-refractivity contribution in [3.05, 3.63) is 24.3 Å². The smallest absolute Gasteiger partial charge is 0.399 e. The summed E-state index contributed by atoms with van der Waals surface area (Å²) in [6, 6.07) is 7.00. The van der Waals surface area contributed by atoms with E-state index < -0.39 is 19.7 Å². The second-order valence-electron chi connectivity index (χ2n) is 4.89. The molecule has 0 fully saturated rings. The lowest BCUT2D eigenvalue weighted by atomic mass is 10.3. The van der Waals surface area contributed by atoms with Crippen LogP contribution in [0.15, 0.2) is 24.3 Å². The fourth-order valence-corrected chi connectivity index (χ4v) is 3.41. The van der Waals surface area contributed by atoms with Gasteiger partial charge in [-0.3, -0.25) is 4.57 Å². The Morgan fingerprint density at radius 2 is 1.68 bits per heavy atom. The molecule has 0 unspecified atom stereocenters. The zero-order valence-electron chi connectivity index (χ0n) is 14.7. The van der Waals surface area contributed by atoms with Crippen LogP contribution in [-0.4, -0.2) is 45.8 Å². The highest BCUT2D eigenvalue weighted by Gasteiger charge is 2.52. The summed E-state index contributed by atoms with van der Waals surface area (Å²) in [6.07, 6.45) is -0.760. The molecule has 6 nitrogen and oxygen atoms in total. The van der Waals surface area contributed by atoms with Crippen LogP contribution in [0.5, 0.6) is 11.5 Å². The van der Waals surface area contributed by atoms with E-state index in [1.165, 1.54) is 13.8 Å². The topological polar surface area (TPSA) is 63.2 Å². The summed E-state index contributed by atoms with van der Waals surface area (Å²) in [5, 5.41) is 0. The predicted octanol–water partition coefficient (Wildman–Crippen LogP) is 4.34. The Bertz CT molecular complexity index is 545. The minimum atomic E-state index is -4.49. The summed E-state index contributed by atoms with van der Waals surface area (Å²) in [5.41, 5.74) is -3.60. The number of methoxy groups -OCH3 is 1. The first kappa shape index (κ1) is 21.8. The van der Waals surface area contributed by atoms with Gasteiger partial charge in [0.25, 0.3) is 0 Å². The normalized spacial score (nSPS) is 12.2. The predicted molar refractivity (Wildman–Crippen MR) is 89.7 cm³/mol. The third kappa shape index (κ3) is 6.90. The average Bonchev–Trinajstić information content (AvgIpc) is 2.58. The van der Waals surface area contributed by atoms with Crippen LogP contribution in [0.4, 0.5) is 8.78 Å². The van der Waals surface area contributed by atoms with Gasteiger partial charge in [0.15, 0.2) is 0 Å². The molecule has 0 N–H and O–H groups in total. The average molecular weight is 382 g/mol. The maximum absolute atomic E-state index is 14.1. The van der Waals surface area contributed by atoms with Crippen molar-refractivity contribution in [2.75, 3.05) is 40.1 Å². The zero-order valence-corrected chi connectivity index (χ0v) is 15.6. The number of rotatable bonds is 13. The van der Waals surface area contributed by atoms with Gasteiger partial charge in [0.2, 0.25) is 0 Å². The molecule has 0 heterocycles. The molecule has 9 heteroatoms. The van der Waals surface area contributed by atoms with E-state index >= 15 is 0 Å². The lowest BCUT2D eigenvalue weighted by Crippen LogP contribution is -2.23. The van der Waals surface area contributed by atoms with Crippen LogP contribution in [0.25, 0.3) is 0 Å². The fraction of sp³-hybridized carbons (Fsp3) is 0.625. The van der Waals surface area contributed by atoms with Crippen molar-refractivity contribution in [1.82, 2.24) is 0 Å². The molecule has 0 amide bonds. The highest BCUT2D eigenvalue weighted by atomic mass is 31.2. The zero-order chi connectivity index (χ0) is 18.8. The standard InChI is InChI=1S/C16H25F2O6P/c1-4-23-25(19,24-5-2)16(17,18)9-10-21-11-12-22-15-8-6-7-14(13-15)20-3/h6-8,13H,4-5,9-12H2,1-3H3. The molecule has 0 aliphatic rings. The van der Waals surface area contributed by atoms with E-state index in [4.69, 9.17) is 14.2 Å². The number of benzene rings is 1. The summed E-state index contributed by atoms with van der Waals surface area (Å²) < 4.78 is 65.2. The summed E-state index contributed by atoms with van der Waals surface area (Å²) in [5.74, 6) is 1.24. The van der Waals surface area contributed by atoms with E-state index in [2.05, 4.69) is 9.05 Å². The lowest BCUT2D eigenvalue weighted by Gasteiger charge is -2.25. The molecule has 0 saturated carbocycles. The second kappa shape index (κ2) is 10.7. The van der Waals surface area contributed by atoms with Gasteiger partial charge in [-0.25, -0.2) is 0 Å². The summed E-state index contributed by atoms with van der Waals surface area (Å²) >= 11 is 0. The molecule has 0 atom stereocenters. The SMILES string of the molecule is CCOP(=O)(OCC)C(F)(F)CCOCCOc1cccc(OC)c1. The number of hydrogen-bond acceptors (Lipinski definition) is 6. The number of hydrogen-bond donors (Lipinski definition) is 0. The minimum Gasteiger partial charge on any atom is -0.497 e. The van der Waals surface area contributed by atoms with Gasteiger partial charge in [-0.1, -0.05) is 6.07 Å². The first-order valence-electron chi connectivity index (χ1n) is 8.00. The maximum Gasteiger partial charge on any atom is 0.399 e. The van der Waals surface area contributed by atoms with Crippen molar-refractivity contribution in [3.63, 3.8) is 0 Å². The molecule has 0 aliphatic carbocycles. The van der Waals surface area contributed by atoms with Crippen molar-refractivity contribution in [2.24, 2.45) is 0 Å². The van der Waals surface area contributed by atoms with Crippen molar-refractivity contribution in [2.45, 2.75) is 25.9 Å². The Labute approximate surface area is 146 Å². The molecule has 1 rings (SSSR count). The molecule has 144 valence electrons. The molecule has 0 saturated heterocycles. The summed E-state index contributed by atoms with van der Waals surface area (Å²) in [6.45, 7) is 2.72. The Hall–Kier alpha value is -1.21. The first-order chi connectivity index (χ1) is 11.9. The van der Waals surface area contributed by atoms with Gasteiger partial charge >= 0.3 is 13.3 Å². The quantitative estimate of drug-likeness (QED) is 0.374. The van der Waals surface area contributed by atoms with Crippen LogP contribution in [0, 0.1) is 0 Å². The molecule has 25 heavy (non-hydrogen) atoms. The Morgan fingerprint density at radius 1 is 1.04 bits per heavy atom. The fourth-order valence-electron chi connectivity index (χ4n) is 1.91. The molecule has 1 aromatic carbocycles. The summed E-state index contributed by atoms with van der Waals surface area (Å²) in [4.78, 5) is 0.